The minimum atomic E-state index is -0.526. The van der Waals surface area contributed by atoms with Crippen molar-refractivity contribution in [3.8, 4) is 6.07 Å². The molecule has 1 aliphatic carbocycles. The second-order valence-corrected chi connectivity index (χ2v) is 13.0. The highest BCUT2D eigenvalue weighted by atomic mass is 127. The molecule has 2 aromatic heterocycles. The predicted octanol–water partition coefficient (Wildman–Crippen LogP) is 6.70. The Bertz CT molecular complexity index is 1520. The molecule has 1 saturated carbocycles. The molecule has 1 atom stereocenters. The van der Waals surface area contributed by atoms with Crippen molar-refractivity contribution in [2.75, 3.05) is 17.2 Å². The van der Waals surface area contributed by atoms with Crippen molar-refractivity contribution in [3.63, 3.8) is 0 Å². The lowest BCUT2D eigenvalue weighted by molar-refractivity contribution is 0.188. The number of hydrazine groups is 2. The van der Waals surface area contributed by atoms with E-state index in [1.807, 2.05) is 12.1 Å². The van der Waals surface area contributed by atoms with E-state index in [0.717, 1.165) is 38.9 Å². The van der Waals surface area contributed by atoms with E-state index in [2.05, 4.69) is 92.9 Å². The van der Waals surface area contributed by atoms with Gasteiger partial charge in [-0.2, -0.15) is 9.65 Å². The van der Waals surface area contributed by atoms with E-state index >= 15 is 0 Å². The molecule has 1 fully saturated rings. The van der Waals surface area contributed by atoms with Crippen LogP contribution in [0.25, 0.3) is 10.9 Å². The van der Waals surface area contributed by atoms with Crippen molar-refractivity contribution in [3.05, 3.63) is 67.7 Å². The molecule has 3 aromatic rings. The third-order valence-electron chi connectivity index (χ3n) is 7.08. The van der Waals surface area contributed by atoms with Gasteiger partial charge in [0.1, 0.15) is 9.77 Å². The number of fused-ring (bicyclic) bond motifs is 1. The number of anilines is 2. The molecule has 2 aliphatic rings. The zero-order chi connectivity index (χ0) is 28.1. The predicted molar refractivity (Wildman–Crippen MR) is 162 cm³/mol. The Balaban J connectivity index is 1.61. The number of hydrogen-bond acceptors (Lipinski definition) is 8. The summed E-state index contributed by atoms with van der Waals surface area (Å²) in [6.45, 7) is 11.1. The highest BCUT2D eigenvalue weighted by Crippen LogP contribution is 2.46. The zero-order valence-corrected chi connectivity index (χ0v) is 25.4. The number of halogens is 3. The van der Waals surface area contributed by atoms with Gasteiger partial charge in [-0.3, -0.25) is 9.99 Å². The van der Waals surface area contributed by atoms with Crippen LogP contribution < -0.4 is 21.6 Å². The summed E-state index contributed by atoms with van der Waals surface area (Å²) in [6, 6.07) is 8.77. The Labute approximate surface area is 246 Å². The first kappa shape index (κ1) is 27.7. The normalized spacial score (nSPS) is 17.2. The molecule has 0 radical (unpaired) electrons. The summed E-state index contributed by atoms with van der Waals surface area (Å²) in [4.78, 5) is 8.57. The molecular formula is C28H31ClFIN8. The number of benzene rings is 1. The molecule has 39 heavy (non-hydrogen) atoms. The fourth-order valence-electron chi connectivity index (χ4n) is 4.60. The van der Waals surface area contributed by atoms with Gasteiger partial charge in [0, 0.05) is 35.1 Å². The van der Waals surface area contributed by atoms with Crippen molar-refractivity contribution in [1.82, 2.24) is 25.9 Å². The molecular weight excluding hydrogens is 630 g/mol. The van der Waals surface area contributed by atoms with E-state index in [9.17, 15) is 9.65 Å². The quantitative estimate of drug-likeness (QED) is 0.126. The Hall–Kier alpha value is -2.88. The summed E-state index contributed by atoms with van der Waals surface area (Å²) in [5.74, 6) is -0.526. The van der Waals surface area contributed by atoms with E-state index in [0.29, 0.717) is 34.0 Å². The molecule has 204 valence electrons. The first-order valence-electron chi connectivity index (χ1n) is 12.8. The van der Waals surface area contributed by atoms with Crippen LogP contribution in [0.15, 0.2) is 39.9 Å². The van der Waals surface area contributed by atoms with Crippen molar-refractivity contribution in [2.24, 2.45) is 5.41 Å². The van der Waals surface area contributed by atoms with E-state index < -0.39 is 12.0 Å². The van der Waals surface area contributed by atoms with Crippen LogP contribution in [0.2, 0.25) is 5.02 Å². The van der Waals surface area contributed by atoms with Crippen molar-refractivity contribution in [2.45, 2.75) is 59.0 Å². The summed E-state index contributed by atoms with van der Waals surface area (Å²) in [5, 5.41) is 20.2. The molecule has 0 amide bonds. The van der Waals surface area contributed by atoms with Crippen LogP contribution in [0.4, 0.5) is 15.8 Å². The van der Waals surface area contributed by atoms with Gasteiger partial charge in [-0.05, 0) is 72.9 Å². The molecule has 4 N–H and O–H groups in total. The molecule has 0 spiro atoms. The summed E-state index contributed by atoms with van der Waals surface area (Å²) in [7, 11) is 0. The van der Waals surface area contributed by atoms with Crippen LogP contribution in [0.1, 0.15) is 63.4 Å². The van der Waals surface area contributed by atoms with Gasteiger partial charge in [-0.15, -0.1) is 5.53 Å². The summed E-state index contributed by atoms with van der Waals surface area (Å²) < 4.78 is 15.0. The molecule has 3 heterocycles. The number of nitriles is 1. The number of aryl methyl sites for hydroxylation is 1. The van der Waals surface area contributed by atoms with Gasteiger partial charge < -0.3 is 16.1 Å². The third kappa shape index (κ3) is 5.58. The van der Waals surface area contributed by atoms with Crippen LogP contribution in [-0.4, -0.2) is 27.1 Å². The lowest BCUT2D eigenvalue weighted by Gasteiger charge is -2.25. The lowest BCUT2D eigenvalue weighted by Crippen LogP contribution is -2.44. The van der Waals surface area contributed by atoms with E-state index in [-0.39, 0.29) is 11.0 Å². The topological polar surface area (TPSA) is 101 Å². The number of pyridine rings is 2. The minimum absolute atomic E-state index is 0.00540. The van der Waals surface area contributed by atoms with E-state index in [4.69, 9.17) is 11.6 Å². The van der Waals surface area contributed by atoms with Crippen LogP contribution in [-0.2, 0) is 0 Å². The molecule has 0 saturated heterocycles. The van der Waals surface area contributed by atoms with Gasteiger partial charge in [-0.1, -0.05) is 38.4 Å². The van der Waals surface area contributed by atoms with Gasteiger partial charge in [0.15, 0.2) is 0 Å². The second kappa shape index (κ2) is 10.3. The number of hydrogen-bond donors (Lipinski definition) is 4. The van der Waals surface area contributed by atoms with E-state index in [1.165, 1.54) is 6.07 Å². The van der Waals surface area contributed by atoms with Crippen LogP contribution >= 0.6 is 34.2 Å². The third-order valence-corrected chi connectivity index (χ3v) is 8.43. The van der Waals surface area contributed by atoms with Crippen molar-refractivity contribution < 1.29 is 4.39 Å². The summed E-state index contributed by atoms with van der Waals surface area (Å²) >= 11 is 9.10. The Morgan fingerprint density at radius 2 is 2.05 bits per heavy atom. The highest BCUT2D eigenvalue weighted by Gasteiger charge is 2.47. The molecule has 1 aromatic carbocycles. The van der Waals surface area contributed by atoms with Crippen molar-refractivity contribution >= 4 is 56.5 Å². The number of aromatic nitrogens is 2. The van der Waals surface area contributed by atoms with Gasteiger partial charge in [0.05, 0.1) is 39.1 Å². The number of nitrogens with zero attached hydrogens (tertiary/aromatic N) is 4. The highest BCUT2D eigenvalue weighted by molar-refractivity contribution is 14.1. The van der Waals surface area contributed by atoms with Crippen LogP contribution in [0.5, 0.6) is 0 Å². The molecule has 8 nitrogen and oxygen atoms in total. The maximum atomic E-state index is 14.0. The number of rotatable bonds is 7. The van der Waals surface area contributed by atoms with E-state index in [1.54, 1.807) is 19.2 Å². The zero-order valence-electron chi connectivity index (χ0n) is 22.5. The fourth-order valence-corrected chi connectivity index (χ4v) is 6.01. The van der Waals surface area contributed by atoms with Crippen LogP contribution in [0.3, 0.4) is 0 Å². The average molecular weight is 661 g/mol. The Kier molecular flexibility index (Phi) is 7.28. The molecule has 11 heteroatoms. The standard InChI is InChI=1S/C28H31ClFIN8/c1-15-18(6-7-21(30)35-15)24(25-26(31)39(38-37-25)28(5)8-9-28)36-17-10-19-22(34-14-27(2,3)4)16(12-32)13-33-23(19)20(29)11-17/h6-7,10-11,13,24,36-38H,8-9,14H2,1-5H3,(H,33,34)/t24-/m0/s1. The maximum Gasteiger partial charge on any atom is 0.213 e. The monoisotopic (exact) mass is 660 g/mol. The van der Waals surface area contributed by atoms with Gasteiger partial charge in [-0.25, -0.2) is 4.98 Å². The second-order valence-electron chi connectivity index (χ2n) is 11.6. The average Bonchev–Trinajstić information content (AvgIpc) is 3.49. The van der Waals surface area contributed by atoms with Crippen LogP contribution in [0, 0.1) is 29.6 Å². The van der Waals surface area contributed by atoms with Gasteiger partial charge >= 0.3 is 0 Å². The lowest BCUT2D eigenvalue weighted by atomic mass is 9.96. The summed E-state index contributed by atoms with van der Waals surface area (Å²) in [6.07, 6.45) is 3.74. The number of nitrogens with one attached hydrogen (secondary N) is 4. The molecule has 0 unspecified atom stereocenters. The van der Waals surface area contributed by atoms with Gasteiger partial charge in [0.2, 0.25) is 5.95 Å². The Morgan fingerprint density at radius 3 is 2.69 bits per heavy atom. The first-order valence-corrected chi connectivity index (χ1v) is 14.2. The molecule has 0 bridgehead atoms. The molecule has 1 aliphatic heterocycles. The van der Waals surface area contributed by atoms with Crippen molar-refractivity contribution in [1.29, 1.82) is 5.26 Å². The summed E-state index contributed by atoms with van der Waals surface area (Å²) in [5.41, 5.74) is 11.5. The maximum absolute atomic E-state index is 14.0. The molecule has 5 rings (SSSR count). The van der Waals surface area contributed by atoms with Gasteiger partial charge in [0.25, 0.3) is 0 Å². The Morgan fingerprint density at radius 1 is 1.31 bits per heavy atom. The smallest absolute Gasteiger partial charge is 0.213 e. The minimum Gasteiger partial charge on any atom is -0.383 e. The first-order chi connectivity index (χ1) is 18.4. The SMILES string of the molecule is Cc1nc(F)ccc1[C@H](Nc1cc(Cl)c2ncc(C#N)c(NCC(C)(C)C)c2c1)C1=C(I)N(C2(C)CC2)NN1. The fraction of sp³-hybridized carbons (Fsp3) is 0.393. The largest absolute Gasteiger partial charge is 0.383 e.